The summed E-state index contributed by atoms with van der Waals surface area (Å²) in [4.78, 5) is 10.6. The minimum absolute atomic E-state index is 0.463. The van der Waals surface area contributed by atoms with Gasteiger partial charge < -0.3 is 15.2 Å². The summed E-state index contributed by atoms with van der Waals surface area (Å²) >= 11 is 0. The molecule has 0 amide bonds. The van der Waals surface area contributed by atoms with E-state index in [4.69, 9.17) is 4.74 Å². The Morgan fingerprint density at radius 1 is 1.40 bits per heavy atom. The fraction of sp³-hybridized carbons (Fsp3) is 0.714. The molecule has 0 saturated carbocycles. The molecule has 0 aliphatic carbocycles. The Hall–Kier alpha value is -1.24. The molecular formula is C14H24N4O2. The minimum atomic E-state index is -0.797. The van der Waals surface area contributed by atoms with E-state index >= 15 is 0 Å². The van der Waals surface area contributed by atoms with Gasteiger partial charge in [0, 0.05) is 37.9 Å². The average molecular weight is 280 g/mol. The SMILES string of the molecule is CCc1cc(NC[C@](C)(O)CN2CCOCC2)ncn1. The first-order chi connectivity index (χ1) is 9.59. The van der Waals surface area contributed by atoms with E-state index in [0.717, 1.165) is 44.2 Å². The summed E-state index contributed by atoms with van der Waals surface area (Å²) in [6.07, 6.45) is 2.43. The smallest absolute Gasteiger partial charge is 0.129 e. The number of β-amino-alcohol motifs (C(OH)–C–C–N with tert-alkyl or cyclic N) is 1. The van der Waals surface area contributed by atoms with Crippen molar-refractivity contribution in [3.63, 3.8) is 0 Å². The molecule has 0 bridgehead atoms. The highest BCUT2D eigenvalue weighted by Gasteiger charge is 2.25. The second-order valence-electron chi connectivity index (χ2n) is 5.49. The van der Waals surface area contributed by atoms with Gasteiger partial charge in [-0.15, -0.1) is 0 Å². The molecule has 0 unspecified atom stereocenters. The van der Waals surface area contributed by atoms with Gasteiger partial charge in [0.2, 0.25) is 0 Å². The Morgan fingerprint density at radius 3 is 2.85 bits per heavy atom. The van der Waals surface area contributed by atoms with Crippen LogP contribution in [0.4, 0.5) is 5.82 Å². The summed E-state index contributed by atoms with van der Waals surface area (Å²) in [5.74, 6) is 0.763. The van der Waals surface area contributed by atoms with E-state index in [1.54, 1.807) is 6.33 Å². The third-order valence-electron chi connectivity index (χ3n) is 3.40. The van der Waals surface area contributed by atoms with Crippen LogP contribution in [0.25, 0.3) is 0 Å². The summed E-state index contributed by atoms with van der Waals surface area (Å²) in [6, 6.07) is 1.92. The first kappa shape index (κ1) is 15.2. The second-order valence-corrected chi connectivity index (χ2v) is 5.49. The standard InChI is InChI=1S/C14H24N4O2/c1-3-12-8-13(17-11-16-12)15-9-14(2,19)10-18-4-6-20-7-5-18/h8,11,19H,3-7,9-10H2,1-2H3,(H,15,16,17)/t14-/m0/s1. The maximum absolute atomic E-state index is 10.5. The number of hydrogen-bond acceptors (Lipinski definition) is 6. The average Bonchev–Trinajstić information content (AvgIpc) is 2.46. The summed E-state index contributed by atoms with van der Waals surface area (Å²) in [5.41, 5.74) is 0.199. The van der Waals surface area contributed by atoms with Gasteiger partial charge in [-0.3, -0.25) is 4.90 Å². The van der Waals surface area contributed by atoms with Crippen molar-refractivity contribution in [3.8, 4) is 0 Å². The van der Waals surface area contributed by atoms with Crippen LogP contribution in [-0.4, -0.2) is 65.0 Å². The summed E-state index contributed by atoms with van der Waals surface area (Å²) in [7, 11) is 0. The lowest BCUT2D eigenvalue weighted by atomic mass is 10.1. The maximum atomic E-state index is 10.5. The van der Waals surface area contributed by atoms with Crippen molar-refractivity contribution in [2.24, 2.45) is 0 Å². The Morgan fingerprint density at radius 2 is 2.15 bits per heavy atom. The summed E-state index contributed by atoms with van der Waals surface area (Å²) in [6.45, 7) is 8.25. The molecule has 1 aliphatic rings. The first-order valence-electron chi connectivity index (χ1n) is 7.16. The van der Waals surface area contributed by atoms with Gasteiger partial charge in [-0.25, -0.2) is 9.97 Å². The van der Waals surface area contributed by atoms with Crippen LogP contribution in [-0.2, 0) is 11.2 Å². The Balaban J connectivity index is 1.84. The monoisotopic (exact) mass is 280 g/mol. The van der Waals surface area contributed by atoms with Crippen molar-refractivity contribution in [2.75, 3.05) is 44.7 Å². The number of morpholine rings is 1. The molecule has 1 fully saturated rings. The molecule has 0 radical (unpaired) electrons. The highest BCUT2D eigenvalue weighted by atomic mass is 16.5. The third-order valence-corrected chi connectivity index (χ3v) is 3.40. The zero-order valence-corrected chi connectivity index (χ0v) is 12.3. The molecule has 112 valence electrons. The molecule has 20 heavy (non-hydrogen) atoms. The molecule has 1 saturated heterocycles. The van der Waals surface area contributed by atoms with Crippen LogP contribution >= 0.6 is 0 Å². The molecule has 2 N–H and O–H groups in total. The number of rotatable bonds is 6. The molecular weight excluding hydrogens is 256 g/mol. The molecule has 1 aliphatic heterocycles. The van der Waals surface area contributed by atoms with Gasteiger partial charge in [-0.1, -0.05) is 6.92 Å². The molecule has 2 heterocycles. The van der Waals surface area contributed by atoms with Gasteiger partial charge in [-0.2, -0.15) is 0 Å². The molecule has 6 heteroatoms. The van der Waals surface area contributed by atoms with E-state index in [1.807, 2.05) is 13.0 Å². The molecule has 1 aromatic heterocycles. The van der Waals surface area contributed by atoms with Crippen molar-refractivity contribution in [1.82, 2.24) is 14.9 Å². The quantitative estimate of drug-likeness (QED) is 0.792. The molecule has 1 atom stereocenters. The Bertz CT molecular complexity index is 419. The third kappa shape index (κ3) is 4.70. The molecule has 1 aromatic rings. The number of anilines is 1. The minimum Gasteiger partial charge on any atom is -0.387 e. The van der Waals surface area contributed by atoms with Gasteiger partial charge in [0.05, 0.1) is 18.8 Å². The number of aliphatic hydroxyl groups is 1. The summed E-state index contributed by atoms with van der Waals surface area (Å²) in [5, 5.41) is 13.7. The van der Waals surface area contributed by atoms with Crippen molar-refractivity contribution in [2.45, 2.75) is 25.9 Å². The van der Waals surface area contributed by atoms with Crippen molar-refractivity contribution in [3.05, 3.63) is 18.1 Å². The van der Waals surface area contributed by atoms with Gasteiger partial charge in [-0.05, 0) is 13.3 Å². The van der Waals surface area contributed by atoms with Crippen LogP contribution < -0.4 is 5.32 Å². The molecule has 0 aromatic carbocycles. The largest absolute Gasteiger partial charge is 0.387 e. The fourth-order valence-corrected chi connectivity index (χ4v) is 2.27. The lowest BCUT2D eigenvalue weighted by molar-refractivity contribution is -0.0164. The van der Waals surface area contributed by atoms with Gasteiger partial charge in [0.1, 0.15) is 12.1 Å². The lowest BCUT2D eigenvalue weighted by Crippen LogP contribution is -2.49. The van der Waals surface area contributed by atoms with E-state index in [-0.39, 0.29) is 0 Å². The van der Waals surface area contributed by atoms with Crippen LogP contribution in [0.15, 0.2) is 12.4 Å². The van der Waals surface area contributed by atoms with Crippen LogP contribution in [0, 0.1) is 0 Å². The fourth-order valence-electron chi connectivity index (χ4n) is 2.27. The Kier molecular flexibility index (Phi) is 5.28. The van der Waals surface area contributed by atoms with Crippen LogP contribution in [0.1, 0.15) is 19.5 Å². The van der Waals surface area contributed by atoms with E-state index < -0.39 is 5.60 Å². The molecule has 6 nitrogen and oxygen atoms in total. The van der Waals surface area contributed by atoms with Crippen LogP contribution in [0.5, 0.6) is 0 Å². The van der Waals surface area contributed by atoms with Gasteiger partial charge >= 0.3 is 0 Å². The Labute approximate surface area is 120 Å². The van der Waals surface area contributed by atoms with Crippen molar-refractivity contribution >= 4 is 5.82 Å². The predicted molar refractivity (Wildman–Crippen MR) is 77.8 cm³/mol. The van der Waals surface area contributed by atoms with E-state index in [9.17, 15) is 5.11 Å². The first-order valence-corrected chi connectivity index (χ1v) is 7.16. The van der Waals surface area contributed by atoms with E-state index in [0.29, 0.717) is 13.1 Å². The topological polar surface area (TPSA) is 70.5 Å². The maximum Gasteiger partial charge on any atom is 0.129 e. The van der Waals surface area contributed by atoms with Gasteiger partial charge in [0.15, 0.2) is 0 Å². The predicted octanol–water partition coefficient (Wildman–Crippen LogP) is 0.534. The number of nitrogens with zero attached hydrogens (tertiary/aromatic N) is 3. The number of aryl methyl sites for hydroxylation is 1. The molecule has 2 rings (SSSR count). The number of aromatic nitrogens is 2. The number of hydrogen-bond donors (Lipinski definition) is 2. The van der Waals surface area contributed by atoms with Crippen LogP contribution in [0.3, 0.4) is 0 Å². The highest BCUT2D eigenvalue weighted by Crippen LogP contribution is 2.11. The lowest BCUT2D eigenvalue weighted by Gasteiger charge is -2.34. The number of nitrogens with one attached hydrogen (secondary N) is 1. The highest BCUT2D eigenvalue weighted by molar-refractivity contribution is 5.35. The van der Waals surface area contributed by atoms with Crippen LogP contribution in [0.2, 0.25) is 0 Å². The zero-order valence-electron chi connectivity index (χ0n) is 12.3. The normalized spacial score (nSPS) is 19.6. The van der Waals surface area contributed by atoms with E-state index in [2.05, 4.69) is 27.1 Å². The van der Waals surface area contributed by atoms with Gasteiger partial charge in [0.25, 0.3) is 0 Å². The second kappa shape index (κ2) is 6.97. The zero-order chi connectivity index (χ0) is 14.4. The summed E-state index contributed by atoms with van der Waals surface area (Å²) < 4.78 is 5.31. The molecule has 0 spiro atoms. The van der Waals surface area contributed by atoms with E-state index in [1.165, 1.54) is 0 Å². The number of ether oxygens (including phenoxy) is 1. The van der Waals surface area contributed by atoms with Crippen molar-refractivity contribution in [1.29, 1.82) is 0 Å². The van der Waals surface area contributed by atoms with Crippen molar-refractivity contribution < 1.29 is 9.84 Å².